The quantitative estimate of drug-likeness (QED) is 0.171. The maximum absolute atomic E-state index is 14.4. The van der Waals surface area contributed by atoms with Crippen molar-refractivity contribution in [3.63, 3.8) is 0 Å². The molecule has 1 heterocycles. The SMILES string of the molecule is C/C=C(\C)C(=O)O[C@H]1[C@H]2[C@@H]([C@H](OC(C)=O)[C@@H](C)C(=O)[C@@]34C[C@H](C)[C@H](OC(=O)/C(C)=C/C)[C@]3(/C=C(\C)[C@H]1O)O4)C2(C)C. The molecule has 9 heteroatoms. The Balaban J connectivity index is 1.87. The van der Waals surface area contributed by atoms with E-state index in [1.165, 1.54) is 6.92 Å². The first-order valence-electron chi connectivity index (χ1n) is 14.5. The molecule has 0 bridgehead atoms. The van der Waals surface area contributed by atoms with Crippen molar-refractivity contribution < 1.29 is 43.2 Å². The molecule has 0 aromatic rings. The Bertz CT molecular complexity index is 1240. The van der Waals surface area contributed by atoms with Crippen LogP contribution in [0.5, 0.6) is 0 Å². The van der Waals surface area contributed by atoms with Gasteiger partial charge in [-0.2, -0.15) is 0 Å². The third-order valence-electron chi connectivity index (χ3n) is 10.00. The number of aliphatic hydroxyl groups is 1. The standard InChI is InChI=1S/C32H44O9/c1-11-15(3)28(36)39-25-22-21(30(22,9)10)24(38-20(8)33)19(7)26(35)31-14-18(6)27(40-29(37)16(4)12-2)32(31,41-31)13-17(5)23(25)34/h11-13,18-19,21-25,27,34H,14H2,1-10H3/b15-11+,16-12+,17-13+/t18-,19+,21-,22+,23+,24+,25-,27-,31-,32-/m0/s1. The minimum Gasteiger partial charge on any atom is -0.461 e. The molecule has 1 N–H and O–H groups in total. The lowest BCUT2D eigenvalue weighted by atomic mass is 9.80. The van der Waals surface area contributed by atoms with E-state index in [2.05, 4.69) is 0 Å². The highest BCUT2D eigenvalue weighted by Crippen LogP contribution is 2.68. The van der Waals surface area contributed by atoms with Gasteiger partial charge in [-0.3, -0.25) is 9.59 Å². The topological polar surface area (TPSA) is 129 Å². The smallest absolute Gasteiger partial charge is 0.333 e. The Labute approximate surface area is 242 Å². The fraction of sp³-hybridized carbons (Fsp3) is 0.688. The van der Waals surface area contributed by atoms with E-state index < -0.39 is 70.8 Å². The predicted octanol–water partition coefficient (Wildman–Crippen LogP) is 4.02. The molecule has 9 nitrogen and oxygen atoms in total. The lowest BCUT2D eigenvalue weighted by molar-refractivity contribution is -0.157. The van der Waals surface area contributed by atoms with Crippen molar-refractivity contribution in [3.8, 4) is 0 Å². The van der Waals surface area contributed by atoms with Crippen molar-refractivity contribution >= 4 is 23.7 Å². The Morgan fingerprint density at radius 1 is 0.951 bits per heavy atom. The molecule has 10 atom stereocenters. The number of aliphatic hydroxyl groups excluding tert-OH is 1. The number of carbonyl (C=O) groups is 4. The highest BCUT2D eigenvalue weighted by Gasteiger charge is 2.84. The van der Waals surface area contributed by atoms with Gasteiger partial charge in [-0.1, -0.05) is 39.8 Å². The number of epoxide rings is 1. The fourth-order valence-corrected chi connectivity index (χ4v) is 7.36. The third-order valence-corrected chi connectivity index (χ3v) is 10.00. The molecule has 0 spiro atoms. The molecule has 3 fully saturated rings. The average molecular weight is 573 g/mol. The van der Waals surface area contributed by atoms with Crippen LogP contribution in [0.2, 0.25) is 0 Å². The summed E-state index contributed by atoms with van der Waals surface area (Å²) in [6.07, 6.45) is 1.40. The van der Waals surface area contributed by atoms with Crippen LogP contribution in [0.3, 0.4) is 0 Å². The summed E-state index contributed by atoms with van der Waals surface area (Å²) in [5.41, 5.74) is -1.89. The molecule has 0 aromatic carbocycles. The van der Waals surface area contributed by atoms with Crippen LogP contribution in [-0.4, -0.2) is 64.4 Å². The van der Waals surface area contributed by atoms with Gasteiger partial charge in [0.2, 0.25) is 0 Å². The van der Waals surface area contributed by atoms with E-state index in [-0.39, 0.29) is 17.6 Å². The summed E-state index contributed by atoms with van der Waals surface area (Å²) < 4.78 is 24.1. The van der Waals surface area contributed by atoms with E-state index in [9.17, 15) is 24.3 Å². The number of ether oxygens (including phenoxy) is 4. The molecule has 2 saturated carbocycles. The summed E-state index contributed by atoms with van der Waals surface area (Å²) in [5, 5.41) is 11.8. The van der Waals surface area contributed by atoms with E-state index in [0.717, 1.165) is 0 Å². The third kappa shape index (κ3) is 4.79. The Hall–Kier alpha value is -2.78. The zero-order valence-corrected chi connectivity index (χ0v) is 25.8. The molecular weight excluding hydrogens is 528 g/mol. The van der Waals surface area contributed by atoms with Crippen molar-refractivity contribution in [2.45, 2.75) is 111 Å². The molecule has 0 amide bonds. The van der Waals surface area contributed by atoms with Gasteiger partial charge in [-0.15, -0.1) is 0 Å². The van der Waals surface area contributed by atoms with E-state index in [0.29, 0.717) is 23.1 Å². The second-order valence-electron chi connectivity index (χ2n) is 13.0. The van der Waals surface area contributed by atoms with Crippen molar-refractivity contribution in [1.29, 1.82) is 0 Å². The molecule has 4 aliphatic rings. The van der Waals surface area contributed by atoms with Gasteiger partial charge in [0.25, 0.3) is 0 Å². The fourth-order valence-electron chi connectivity index (χ4n) is 7.36. The minimum atomic E-state index is -1.31. The van der Waals surface area contributed by atoms with Crippen LogP contribution in [0, 0.1) is 29.1 Å². The number of rotatable bonds is 5. The number of hydrogen-bond donors (Lipinski definition) is 1. The van der Waals surface area contributed by atoms with Crippen LogP contribution >= 0.6 is 0 Å². The number of allylic oxidation sites excluding steroid dienone is 2. The zero-order valence-electron chi connectivity index (χ0n) is 25.8. The van der Waals surface area contributed by atoms with Gasteiger partial charge in [-0.25, -0.2) is 9.59 Å². The van der Waals surface area contributed by atoms with Gasteiger partial charge in [-0.05, 0) is 64.0 Å². The van der Waals surface area contributed by atoms with Crippen LogP contribution in [-0.2, 0) is 38.1 Å². The van der Waals surface area contributed by atoms with Gasteiger partial charge in [0.05, 0.1) is 5.92 Å². The summed E-state index contributed by atoms with van der Waals surface area (Å²) in [4.78, 5) is 52.5. The van der Waals surface area contributed by atoms with Gasteiger partial charge in [0, 0.05) is 29.9 Å². The summed E-state index contributed by atoms with van der Waals surface area (Å²) in [6.45, 7) is 17.3. The maximum Gasteiger partial charge on any atom is 0.333 e. The highest BCUT2D eigenvalue weighted by molar-refractivity contribution is 5.96. The first-order chi connectivity index (χ1) is 19.0. The highest BCUT2D eigenvalue weighted by atomic mass is 16.7. The van der Waals surface area contributed by atoms with Crippen LogP contribution in [0.25, 0.3) is 0 Å². The van der Waals surface area contributed by atoms with E-state index in [4.69, 9.17) is 18.9 Å². The number of esters is 3. The van der Waals surface area contributed by atoms with Gasteiger partial charge in [0.15, 0.2) is 17.0 Å². The van der Waals surface area contributed by atoms with Crippen LogP contribution in [0.15, 0.2) is 34.9 Å². The lowest BCUT2D eigenvalue weighted by Gasteiger charge is -2.28. The molecule has 3 aliphatic carbocycles. The normalized spacial score (nSPS) is 42.8. The summed E-state index contributed by atoms with van der Waals surface area (Å²) in [7, 11) is 0. The van der Waals surface area contributed by atoms with Crippen molar-refractivity contribution in [2.75, 3.05) is 0 Å². The van der Waals surface area contributed by atoms with E-state index in [1.54, 1.807) is 59.8 Å². The van der Waals surface area contributed by atoms with Gasteiger partial charge in [0.1, 0.15) is 24.4 Å². The number of carbonyl (C=O) groups excluding carboxylic acids is 4. The molecule has 1 aliphatic heterocycles. The van der Waals surface area contributed by atoms with Crippen LogP contribution in [0.4, 0.5) is 0 Å². The molecule has 0 radical (unpaired) electrons. The number of ketones is 1. The number of Topliss-reactive ketones (excluding diaryl/α,β-unsaturated/α-hetero) is 1. The van der Waals surface area contributed by atoms with Crippen molar-refractivity contribution in [3.05, 3.63) is 34.9 Å². The van der Waals surface area contributed by atoms with Crippen LogP contribution in [0.1, 0.15) is 75.7 Å². The Kier molecular flexibility index (Phi) is 7.97. The van der Waals surface area contributed by atoms with Crippen molar-refractivity contribution in [1.82, 2.24) is 0 Å². The predicted molar refractivity (Wildman–Crippen MR) is 149 cm³/mol. The number of hydrogen-bond acceptors (Lipinski definition) is 9. The lowest BCUT2D eigenvalue weighted by Crippen LogP contribution is -2.43. The van der Waals surface area contributed by atoms with E-state index in [1.807, 2.05) is 20.8 Å². The molecular formula is C32H44O9. The molecule has 0 unspecified atom stereocenters. The summed E-state index contributed by atoms with van der Waals surface area (Å²) >= 11 is 0. The largest absolute Gasteiger partial charge is 0.461 e. The monoisotopic (exact) mass is 572 g/mol. The van der Waals surface area contributed by atoms with Gasteiger partial charge >= 0.3 is 17.9 Å². The van der Waals surface area contributed by atoms with Crippen LogP contribution < -0.4 is 0 Å². The first kappa shape index (κ1) is 31.2. The molecule has 41 heavy (non-hydrogen) atoms. The van der Waals surface area contributed by atoms with E-state index >= 15 is 0 Å². The molecule has 0 aromatic heterocycles. The number of fused-ring (bicyclic) bond motifs is 1. The Morgan fingerprint density at radius 3 is 2.02 bits per heavy atom. The molecule has 4 rings (SSSR count). The molecule has 226 valence electrons. The zero-order chi connectivity index (χ0) is 30.8. The average Bonchev–Trinajstić information content (AvgIpc) is 3.70. The van der Waals surface area contributed by atoms with Crippen molar-refractivity contribution in [2.24, 2.45) is 29.1 Å². The maximum atomic E-state index is 14.4. The summed E-state index contributed by atoms with van der Waals surface area (Å²) in [5.74, 6) is -3.63. The Morgan fingerprint density at radius 2 is 1.49 bits per heavy atom. The molecule has 1 saturated heterocycles. The second kappa shape index (κ2) is 10.5. The minimum absolute atomic E-state index is 0.235. The summed E-state index contributed by atoms with van der Waals surface area (Å²) in [6, 6.07) is 0. The first-order valence-corrected chi connectivity index (χ1v) is 14.5. The van der Waals surface area contributed by atoms with Gasteiger partial charge < -0.3 is 24.1 Å². The second-order valence-corrected chi connectivity index (χ2v) is 13.0.